The summed E-state index contributed by atoms with van der Waals surface area (Å²) < 4.78 is 1.90. The van der Waals surface area contributed by atoms with Gasteiger partial charge < -0.3 is 9.88 Å². The Balaban J connectivity index is 1.78. The van der Waals surface area contributed by atoms with Gasteiger partial charge in [0.25, 0.3) is 0 Å². The molecule has 0 atom stereocenters. The number of anilines is 1. The monoisotopic (exact) mass is 271 g/mol. The summed E-state index contributed by atoms with van der Waals surface area (Å²) in [4.78, 5) is 4.25. The van der Waals surface area contributed by atoms with Crippen molar-refractivity contribution in [3.05, 3.63) is 47.2 Å². The van der Waals surface area contributed by atoms with Crippen LogP contribution in [0.3, 0.4) is 0 Å². The van der Waals surface area contributed by atoms with Crippen LogP contribution in [-0.2, 0) is 13.6 Å². The summed E-state index contributed by atoms with van der Waals surface area (Å²) >= 11 is 1.65. The van der Waals surface area contributed by atoms with Crippen molar-refractivity contribution in [2.24, 2.45) is 7.05 Å². The molecule has 0 amide bonds. The third-order valence-electron chi connectivity index (χ3n) is 2.76. The van der Waals surface area contributed by atoms with Crippen molar-refractivity contribution in [3.8, 4) is 11.4 Å². The predicted molar refractivity (Wildman–Crippen MR) is 75.9 cm³/mol. The standard InChI is InChI=1S/C13H13N5S/c1-18-9-16-17-13(18)10-3-2-4-11(7-10)15-8-12-14-5-6-19-12/h2-7,9,15H,8H2,1H3. The number of hydrogen-bond acceptors (Lipinski definition) is 5. The fourth-order valence-electron chi connectivity index (χ4n) is 1.83. The molecule has 0 spiro atoms. The first-order valence-electron chi connectivity index (χ1n) is 5.89. The fourth-order valence-corrected chi connectivity index (χ4v) is 2.39. The van der Waals surface area contributed by atoms with Crippen LogP contribution >= 0.6 is 11.3 Å². The van der Waals surface area contributed by atoms with Crippen LogP contribution in [0.4, 0.5) is 5.69 Å². The molecule has 96 valence electrons. The van der Waals surface area contributed by atoms with Crippen molar-refractivity contribution in [3.63, 3.8) is 0 Å². The minimum absolute atomic E-state index is 0.736. The van der Waals surface area contributed by atoms with Crippen LogP contribution in [-0.4, -0.2) is 19.7 Å². The van der Waals surface area contributed by atoms with E-state index in [1.807, 2.05) is 41.4 Å². The first kappa shape index (κ1) is 11.9. The van der Waals surface area contributed by atoms with Crippen LogP contribution in [0, 0.1) is 0 Å². The molecule has 0 radical (unpaired) electrons. The van der Waals surface area contributed by atoms with Crippen LogP contribution in [0.15, 0.2) is 42.2 Å². The molecule has 3 rings (SSSR count). The lowest BCUT2D eigenvalue weighted by atomic mass is 10.2. The number of nitrogens with zero attached hydrogens (tertiary/aromatic N) is 4. The number of hydrogen-bond donors (Lipinski definition) is 1. The minimum Gasteiger partial charge on any atom is -0.379 e. The highest BCUT2D eigenvalue weighted by Gasteiger charge is 2.05. The van der Waals surface area contributed by atoms with Crippen molar-refractivity contribution in [2.45, 2.75) is 6.54 Å². The average molecular weight is 271 g/mol. The lowest BCUT2D eigenvalue weighted by Crippen LogP contribution is -1.99. The smallest absolute Gasteiger partial charge is 0.163 e. The lowest BCUT2D eigenvalue weighted by molar-refractivity contribution is 0.920. The van der Waals surface area contributed by atoms with Gasteiger partial charge in [-0.1, -0.05) is 12.1 Å². The van der Waals surface area contributed by atoms with Crippen LogP contribution in [0.1, 0.15) is 5.01 Å². The van der Waals surface area contributed by atoms with E-state index in [-0.39, 0.29) is 0 Å². The van der Waals surface area contributed by atoms with Gasteiger partial charge in [-0.25, -0.2) is 4.98 Å². The highest BCUT2D eigenvalue weighted by atomic mass is 32.1. The van der Waals surface area contributed by atoms with Gasteiger partial charge in [-0.05, 0) is 12.1 Å². The Morgan fingerprint density at radius 2 is 2.32 bits per heavy atom. The largest absolute Gasteiger partial charge is 0.379 e. The summed E-state index contributed by atoms with van der Waals surface area (Å²) in [5.74, 6) is 0.859. The van der Waals surface area contributed by atoms with Gasteiger partial charge in [0.1, 0.15) is 11.3 Å². The maximum absolute atomic E-state index is 4.25. The number of nitrogens with one attached hydrogen (secondary N) is 1. The number of aromatic nitrogens is 4. The normalized spacial score (nSPS) is 10.6. The van der Waals surface area contributed by atoms with Gasteiger partial charge in [0.15, 0.2) is 5.82 Å². The highest BCUT2D eigenvalue weighted by Crippen LogP contribution is 2.20. The molecular formula is C13H13N5S. The predicted octanol–water partition coefficient (Wildman–Crippen LogP) is 2.55. The molecule has 3 aromatic rings. The summed E-state index contributed by atoms with van der Waals surface area (Å²) in [5, 5.41) is 14.4. The van der Waals surface area contributed by atoms with E-state index in [2.05, 4.69) is 26.6 Å². The molecule has 0 aliphatic carbocycles. The van der Waals surface area contributed by atoms with Gasteiger partial charge in [0.2, 0.25) is 0 Å². The Morgan fingerprint density at radius 3 is 3.05 bits per heavy atom. The summed E-state index contributed by atoms with van der Waals surface area (Å²) in [6, 6.07) is 8.14. The fraction of sp³-hybridized carbons (Fsp3) is 0.154. The molecule has 0 unspecified atom stereocenters. The van der Waals surface area contributed by atoms with Crippen LogP contribution < -0.4 is 5.32 Å². The molecule has 0 saturated heterocycles. The molecule has 0 aliphatic heterocycles. The summed E-state index contributed by atoms with van der Waals surface area (Å²) in [5.41, 5.74) is 2.10. The Morgan fingerprint density at radius 1 is 1.37 bits per heavy atom. The van der Waals surface area contributed by atoms with Crippen molar-refractivity contribution in [2.75, 3.05) is 5.32 Å². The zero-order valence-electron chi connectivity index (χ0n) is 10.4. The third-order valence-corrected chi connectivity index (χ3v) is 3.54. The van der Waals surface area contributed by atoms with Gasteiger partial charge in [0.05, 0.1) is 6.54 Å². The van der Waals surface area contributed by atoms with Crippen molar-refractivity contribution in [1.82, 2.24) is 19.7 Å². The highest BCUT2D eigenvalue weighted by molar-refractivity contribution is 7.09. The van der Waals surface area contributed by atoms with Crippen molar-refractivity contribution < 1.29 is 0 Å². The van der Waals surface area contributed by atoms with Crippen molar-refractivity contribution in [1.29, 1.82) is 0 Å². The molecule has 2 heterocycles. The molecule has 19 heavy (non-hydrogen) atoms. The van der Waals surface area contributed by atoms with Gasteiger partial charge in [-0.2, -0.15) is 0 Å². The van der Waals surface area contributed by atoms with Gasteiger partial charge >= 0.3 is 0 Å². The van der Waals surface area contributed by atoms with E-state index in [0.29, 0.717) is 0 Å². The molecule has 5 nitrogen and oxygen atoms in total. The first-order valence-corrected chi connectivity index (χ1v) is 6.77. The number of rotatable bonds is 4. The van der Waals surface area contributed by atoms with Gasteiger partial charge in [-0.3, -0.25) is 0 Å². The number of thiazole rings is 1. The van der Waals surface area contributed by atoms with Gasteiger partial charge in [0, 0.05) is 29.9 Å². The van der Waals surface area contributed by atoms with E-state index < -0.39 is 0 Å². The van der Waals surface area contributed by atoms with E-state index >= 15 is 0 Å². The summed E-state index contributed by atoms with van der Waals surface area (Å²) in [6.07, 6.45) is 3.52. The molecule has 1 N–H and O–H groups in total. The van der Waals surface area contributed by atoms with E-state index in [4.69, 9.17) is 0 Å². The first-order chi connectivity index (χ1) is 9.33. The second-order valence-electron chi connectivity index (χ2n) is 4.13. The Bertz CT molecular complexity index is 659. The quantitative estimate of drug-likeness (QED) is 0.792. The second-order valence-corrected chi connectivity index (χ2v) is 5.10. The van der Waals surface area contributed by atoms with Crippen LogP contribution in [0.2, 0.25) is 0 Å². The molecule has 0 fully saturated rings. The lowest BCUT2D eigenvalue weighted by Gasteiger charge is -2.06. The Kier molecular flexibility index (Phi) is 3.24. The Hall–Kier alpha value is -2.21. The third kappa shape index (κ3) is 2.63. The average Bonchev–Trinajstić information content (AvgIpc) is 3.08. The van der Waals surface area contributed by atoms with E-state index in [1.165, 1.54) is 0 Å². The molecule has 0 saturated carbocycles. The molecule has 1 aromatic carbocycles. The van der Waals surface area contributed by atoms with Crippen molar-refractivity contribution >= 4 is 17.0 Å². The van der Waals surface area contributed by atoms with Gasteiger partial charge in [-0.15, -0.1) is 21.5 Å². The molecule has 6 heteroatoms. The maximum Gasteiger partial charge on any atom is 0.163 e. The summed E-state index contributed by atoms with van der Waals surface area (Å²) in [7, 11) is 1.94. The topological polar surface area (TPSA) is 55.6 Å². The zero-order valence-corrected chi connectivity index (χ0v) is 11.3. The second kappa shape index (κ2) is 5.19. The molecule has 0 aliphatic rings. The summed E-state index contributed by atoms with van der Waals surface area (Å²) in [6.45, 7) is 0.736. The zero-order chi connectivity index (χ0) is 13.1. The Labute approximate surface area is 115 Å². The number of benzene rings is 1. The number of aryl methyl sites for hydroxylation is 1. The molecule has 0 bridgehead atoms. The SMILES string of the molecule is Cn1cnnc1-c1cccc(NCc2nccs2)c1. The minimum atomic E-state index is 0.736. The molecular weight excluding hydrogens is 258 g/mol. The maximum atomic E-state index is 4.25. The molecule has 2 aromatic heterocycles. The van der Waals surface area contributed by atoms with Crippen LogP contribution in [0.25, 0.3) is 11.4 Å². The van der Waals surface area contributed by atoms with E-state index in [9.17, 15) is 0 Å². The van der Waals surface area contributed by atoms with Crippen LogP contribution in [0.5, 0.6) is 0 Å². The van der Waals surface area contributed by atoms with E-state index in [0.717, 1.165) is 28.6 Å². The van der Waals surface area contributed by atoms with E-state index in [1.54, 1.807) is 17.7 Å².